The number of Topliss-reactive ketones (excluding diaryl/α,β-unsaturated/α-hetero) is 1. The van der Waals surface area contributed by atoms with Gasteiger partial charge in [-0.05, 0) is 19.4 Å². The summed E-state index contributed by atoms with van der Waals surface area (Å²) in [6.45, 7) is 1.55. The maximum atomic E-state index is 13.3. The molecule has 0 unspecified atom stereocenters. The molecule has 2 aliphatic rings. The monoisotopic (exact) mass is 364 g/mol. The summed E-state index contributed by atoms with van der Waals surface area (Å²) in [4.78, 5) is 37.5. The van der Waals surface area contributed by atoms with E-state index in [9.17, 15) is 24.6 Å². The predicted octanol–water partition coefficient (Wildman–Crippen LogP) is 0.676. The van der Waals surface area contributed by atoms with Gasteiger partial charge < -0.3 is 24.4 Å². The van der Waals surface area contributed by atoms with E-state index in [2.05, 4.69) is 4.74 Å². The molecule has 1 saturated heterocycles. The molecule has 1 aromatic rings. The standard InChI is InChI=1S/C18H20O8/c1-9-17(8-10(26-9)7-13(20)24-2)15(21)14-11(5-4-6-12(14)19)18(17,23)16(22)25-3/h4-6,9-10,19,23H,7-8H2,1-3H3/t9-,10-,17-,18+/m1/s1. The van der Waals surface area contributed by atoms with Crippen LogP contribution in [0.3, 0.4) is 0 Å². The number of carbonyl (C=O) groups excluding carboxylic acids is 3. The Morgan fingerprint density at radius 3 is 2.62 bits per heavy atom. The summed E-state index contributed by atoms with van der Waals surface area (Å²) in [5, 5.41) is 21.6. The largest absolute Gasteiger partial charge is 0.507 e. The Bertz CT molecular complexity index is 787. The van der Waals surface area contributed by atoms with E-state index in [-0.39, 0.29) is 29.7 Å². The van der Waals surface area contributed by atoms with Gasteiger partial charge >= 0.3 is 11.9 Å². The van der Waals surface area contributed by atoms with Gasteiger partial charge in [-0.3, -0.25) is 9.59 Å². The summed E-state index contributed by atoms with van der Waals surface area (Å²) in [6.07, 6.45) is -1.85. The number of carbonyl (C=O) groups is 3. The van der Waals surface area contributed by atoms with E-state index in [0.717, 1.165) is 7.11 Å². The molecule has 4 atom stereocenters. The summed E-state index contributed by atoms with van der Waals surface area (Å²) < 4.78 is 15.1. The summed E-state index contributed by atoms with van der Waals surface area (Å²) in [5.41, 5.74) is -4.20. The van der Waals surface area contributed by atoms with Crippen LogP contribution in [0.25, 0.3) is 0 Å². The first-order chi connectivity index (χ1) is 12.2. The Kier molecular flexibility index (Phi) is 4.28. The summed E-state index contributed by atoms with van der Waals surface area (Å²) >= 11 is 0. The first-order valence-electron chi connectivity index (χ1n) is 8.14. The van der Waals surface area contributed by atoms with E-state index in [0.29, 0.717) is 0 Å². The van der Waals surface area contributed by atoms with Gasteiger partial charge in [0, 0.05) is 5.56 Å². The molecule has 1 aromatic carbocycles. The van der Waals surface area contributed by atoms with Gasteiger partial charge in [0.05, 0.1) is 38.4 Å². The van der Waals surface area contributed by atoms with Crippen LogP contribution in [0.4, 0.5) is 0 Å². The van der Waals surface area contributed by atoms with Crippen LogP contribution in [0.15, 0.2) is 18.2 Å². The number of phenolic OH excluding ortho intramolecular Hbond substituents is 1. The number of aromatic hydroxyl groups is 1. The van der Waals surface area contributed by atoms with Crippen LogP contribution in [0, 0.1) is 5.41 Å². The second-order valence-corrected chi connectivity index (χ2v) is 6.59. The Morgan fingerprint density at radius 2 is 2.00 bits per heavy atom. The van der Waals surface area contributed by atoms with Crippen LogP contribution in [0.1, 0.15) is 35.7 Å². The SMILES string of the molecule is COC(=O)C[C@@H]1C[C@]2(C(=O)c3c(O)cccc3[C@]2(O)C(=O)OC)[C@@H](C)O1. The summed E-state index contributed by atoms with van der Waals surface area (Å²) in [6, 6.07) is 4.14. The van der Waals surface area contributed by atoms with Crippen LogP contribution in [0.2, 0.25) is 0 Å². The van der Waals surface area contributed by atoms with E-state index in [4.69, 9.17) is 9.47 Å². The third-order valence-electron chi connectivity index (χ3n) is 5.45. The fraction of sp³-hybridized carbons (Fsp3) is 0.500. The van der Waals surface area contributed by atoms with Gasteiger partial charge in [0.25, 0.3) is 0 Å². The zero-order chi connectivity index (χ0) is 19.3. The van der Waals surface area contributed by atoms with Gasteiger partial charge in [0.2, 0.25) is 5.60 Å². The third-order valence-corrected chi connectivity index (χ3v) is 5.45. The van der Waals surface area contributed by atoms with Crippen molar-refractivity contribution in [2.45, 2.75) is 37.6 Å². The highest BCUT2D eigenvalue weighted by molar-refractivity contribution is 6.13. The maximum Gasteiger partial charge on any atom is 0.343 e. The number of ketones is 1. The molecule has 1 aliphatic carbocycles. The highest BCUT2D eigenvalue weighted by Gasteiger charge is 2.73. The molecule has 0 bridgehead atoms. The van der Waals surface area contributed by atoms with Gasteiger partial charge in [-0.25, -0.2) is 4.79 Å². The summed E-state index contributed by atoms with van der Waals surface area (Å²) in [7, 11) is 2.33. The van der Waals surface area contributed by atoms with Crippen LogP contribution in [-0.4, -0.2) is 54.4 Å². The van der Waals surface area contributed by atoms with Crippen molar-refractivity contribution in [3.8, 4) is 5.75 Å². The van der Waals surface area contributed by atoms with Gasteiger partial charge in [-0.1, -0.05) is 12.1 Å². The number of fused-ring (bicyclic) bond motifs is 1. The Labute approximate surface area is 149 Å². The lowest BCUT2D eigenvalue weighted by molar-refractivity contribution is -0.179. The first-order valence-corrected chi connectivity index (χ1v) is 8.14. The molecule has 1 spiro atoms. The molecular weight excluding hydrogens is 344 g/mol. The number of benzene rings is 1. The fourth-order valence-electron chi connectivity index (χ4n) is 4.23. The molecule has 8 heteroatoms. The molecule has 1 fully saturated rings. The normalized spacial score (nSPS) is 32.5. The van der Waals surface area contributed by atoms with Crippen molar-refractivity contribution in [1.29, 1.82) is 0 Å². The minimum Gasteiger partial charge on any atom is -0.507 e. The zero-order valence-electron chi connectivity index (χ0n) is 14.6. The average Bonchev–Trinajstić information content (AvgIpc) is 3.05. The number of ether oxygens (including phenoxy) is 3. The van der Waals surface area contributed by atoms with Crippen LogP contribution in [0.5, 0.6) is 5.75 Å². The third kappa shape index (κ3) is 2.12. The van der Waals surface area contributed by atoms with Gasteiger partial charge in [-0.15, -0.1) is 0 Å². The van der Waals surface area contributed by atoms with Crippen LogP contribution in [-0.2, 0) is 29.4 Å². The molecule has 26 heavy (non-hydrogen) atoms. The quantitative estimate of drug-likeness (QED) is 0.752. The van der Waals surface area contributed by atoms with Gasteiger partial charge in [-0.2, -0.15) is 0 Å². The molecule has 3 rings (SSSR count). The molecule has 0 saturated carbocycles. The van der Waals surface area contributed by atoms with E-state index in [1.807, 2.05) is 0 Å². The smallest absolute Gasteiger partial charge is 0.343 e. The van der Waals surface area contributed by atoms with Crippen LogP contribution < -0.4 is 0 Å². The van der Waals surface area contributed by atoms with Crippen molar-refractivity contribution in [3.63, 3.8) is 0 Å². The molecule has 0 radical (unpaired) electrons. The molecule has 8 nitrogen and oxygen atoms in total. The second-order valence-electron chi connectivity index (χ2n) is 6.59. The lowest BCUT2D eigenvalue weighted by Gasteiger charge is -2.37. The first kappa shape index (κ1) is 18.3. The van der Waals surface area contributed by atoms with Crippen molar-refractivity contribution < 1.29 is 38.8 Å². The number of hydrogen-bond donors (Lipinski definition) is 2. The fourth-order valence-corrected chi connectivity index (χ4v) is 4.23. The number of phenols is 1. The molecule has 1 heterocycles. The lowest BCUT2D eigenvalue weighted by atomic mass is 9.66. The number of aliphatic hydroxyl groups is 1. The summed E-state index contributed by atoms with van der Waals surface area (Å²) in [5.74, 6) is -2.51. The average molecular weight is 364 g/mol. The van der Waals surface area contributed by atoms with E-state index in [1.165, 1.54) is 25.3 Å². The van der Waals surface area contributed by atoms with Crippen molar-refractivity contribution in [1.82, 2.24) is 0 Å². The lowest BCUT2D eigenvalue weighted by Crippen LogP contribution is -2.55. The molecule has 0 aromatic heterocycles. The molecule has 2 N–H and O–H groups in total. The van der Waals surface area contributed by atoms with E-state index >= 15 is 0 Å². The van der Waals surface area contributed by atoms with Crippen molar-refractivity contribution in [2.24, 2.45) is 5.41 Å². The minimum atomic E-state index is -2.34. The highest BCUT2D eigenvalue weighted by Crippen LogP contribution is 2.60. The highest BCUT2D eigenvalue weighted by atomic mass is 16.5. The Balaban J connectivity index is 2.17. The molecule has 0 amide bonds. The van der Waals surface area contributed by atoms with E-state index < -0.39 is 40.9 Å². The topological polar surface area (TPSA) is 119 Å². The number of esters is 2. The van der Waals surface area contributed by atoms with E-state index in [1.54, 1.807) is 6.92 Å². The number of methoxy groups -OCH3 is 2. The number of rotatable bonds is 3. The minimum absolute atomic E-state index is 0.0245. The maximum absolute atomic E-state index is 13.3. The van der Waals surface area contributed by atoms with Crippen molar-refractivity contribution >= 4 is 17.7 Å². The Hall–Kier alpha value is -2.45. The Morgan fingerprint density at radius 1 is 1.31 bits per heavy atom. The molecule has 1 aliphatic heterocycles. The van der Waals surface area contributed by atoms with Crippen molar-refractivity contribution in [3.05, 3.63) is 29.3 Å². The van der Waals surface area contributed by atoms with Gasteiger partial charge in [0.1, 0.15) is 11.2 Å². The van der Waals surface area contributed by atoms with Crippen LogP contribution >= 0.6 is 0 Å². The molecular formula is C18H20O8. The van der Waals surface area contributed by atoms with Crippen molar-refractivity contribution in [2.75, 3.05) is 14.2 Å². The predicted molar refractivity (Wildman–Crippen MR) is 86.4 cm³/mol. The molecule has 140 valence electrons. The number of hydrogen-bond acceptors (Lipinski definition) is 8. The zero-order valence-corrected chi connectivity index (χ0v) is 14.6. The van der Waals surface area contributed by atoms with Gasteiger partial charge in [0.15, 0.2) is 5.78 Å². The second kappa shape index (κ2) is 6.07.